The molecule has 156 valence electrons. The second-order valence-corrected chi connectivity index (χ2v) is 10.1. The van der Waals surface area contributed by atoms with Crippen molar-refractivity contribution in [3.05, 3.63) is 97.2 Å². The first-order valence-electron chi connectivity index (χ1n) is 12.2. The summed E-state index contributed by atoms with van der Waals surface area (Å²) in [5.41, 5.74) is 0.822. The van der Waals surface area contributed by atoms with E-state index in [2.05, 4.69) is 97.2 Å². The lowest BCUT2D eigenvalue weighted by molar-refractivity contribution is -0.0307. The number of allylic oxidation sites excluding steroid dienone is 16. The Balaban J connectivity index is 1.46. The van der Waals surface area contributed by atoms with Crippen molar-refractivity contribution in [3.63, 3.8) is 0 Å². The largest absolute Gasteiger partial charge is 0.0839 e. The zero-order chi connectivity index (χ0) is 20.3. The third-order valence-electron chi connectivity index (χ3n) is 8.99. The van der Waals surface area contributed by atoms with E-state index in [1.807, 2.05) is 0 Å². The van der Waals surface area contributed by atoms with Crippen molar-refractivity contribution in [3.8, 4) is 0 Å². The lowest BCUT2D eigenvalue weighted by Gasteiger charge is -2.57. The van der Waals surface area contributed by atoms with Crippen LogP contribution in [-0.2, 0) is 0 Å². The van der Waals surface area contributed by atoms with Gasteiger partial charge in [-0.15, -0.1) is 0 Å². The second-order valence-electron chi connectivity index (χ2n) is 10.1. The van der Waals surface area contributed by atoms with E-state index >= 15 is 0 Å². The molecule has 0 aromatic carbocycles. The highest BCUT2D eigenvalue weighted by Crippen LogP contribution is 2.62. The lowest BCUT2D eigenvalue weighted by Crippen LogP contribution is -2.48. The highest BCUT2D eigenvalue weighted by atomic mass is 14.6. The molecule has 0 aromatic heterocycles. The summed E-state index contributed by atoms with van der Waals surface area (Å²) < 4.78 is 0. The van der Waals surface area contributed by atoms with Crippen LogP contribution in [0.25, 0.3) is 0 Å². The quantitative estimate of drug-likeness (QED) is 0.451. The van der Waals surface area contributed by atoms with Gasteiger partial charge in [0.2, 0.25) is 0 Å². The summed E-state index contributed by atoms with van der Waals surface area (Å²) in [7, 11) is 0. The second kappa shape index (κ2) is 8.58. The number of hydrogen-bond donors (Lipinski definition) is 0. The van der Waals surface area contributed by atoms with Crippen LogP contribution < -0.4 is 0 Å². The number of hydrogen-bond acceptors (Lipinski definition) is 0. The van der Waals surface area contributed by atoms with Crippen LogP contribution in [-0.4, -0.2) is 0 Å². The normalized spacial score (nSPS) is 42.1. The average molecular weight is 397 g/mol. The summed E-state index contributed by atoms with van der Waals surface area (Å²) in [4.78, 5) is 0. The van der Waals surface area contributed by atoms with Crippen molar-refractivity contribution < 1.29 is 0 Å². The molecule has 0 saturated heterocycles. The molecular formula is C30H36. The first-order valence-corrected chi connectivity index (χ1v) is 12.2. The van der Waals surface area contributed by atoms with E-state index in [1.165, 1.54) is 51.4 Å². The van der Waals surface area contributed by atoms with Gasteiger partial charge in [0.25, 0.3) is 0 Å². The molecule has 0 aliphatic heterocycles. The Morgan fingerprint density at radius 2 is 0.633 bits per heavy atom. The zero-order valence-electron chi connectivity index (χ0n) is 18.2. The predicted molar refractivity (Wildman–Crippen MR) is 129 cm³/mol. The molecule has 5 rings (SSSR count). The maximum absolute atomic E-state index is 2.53. The van der Waals surface area contributed by atoms with Gasteiger partial charge in [0.15, 0.2) is 0 Å². The minimum atomic E-state index is 0.411. The van der Waals surface area contributed by atoms with E-state index in [-0.39, 0.29) is 0 Å². The third-order valence-corrected chi connectivity index (χ3v) is 8.99. The summed E-state index contributed by atoms with van der Waals surface area (Å²) in [6.07, 6.45) is 48.3. The Morgan fingerprint density at radius 3 is 0.833 bits per heavy atom. The Kier molecular flexibility index (Phi) is 5.68. The van der Waals surface area contributed by atoms with Gasteiger partial charge in [-0.2, -0.15) is 0 Å². The molecule has 0 aromatic rings. The SMILES string of the molecule is C1=CCC(C2(C3C=CC=CC3)CCC(C3C=CC=CC3)(C3C=CC=CC3)CC2)C=C1. The maximum Gasteiger partial charge on any atom is -0.0133 e. The van der Waals surface area contributed by atoms with Crippen LogP contribution in [0.15, 0.2) is 97.2 Å². The minimum Gasteiger partial charge on any atom is -0.0839 e. The monoisotopic (exact) mass is 396 g/mol. The van der Waals surface area contributed by atoms with E-state index in [1.54, 1.807) is 0 Å². The molecule has 0 spiro atoms. The molecule has 0 heterocycles. The summed E-state index contributed by atoms with van der Waals surface area (Å²) >= 11 is 0. The van der Waals surface area contributed by atoms with Crippen LogP contribution in [0.3, 0.4) is 0 Å². The molecule has 4 atom stereocenters. The molecule has 0 radical (unpaired) electrons. The molecule has 5 aliphatic rings. The van der Waals surface area contributed by atoms with Crippen molar-refractivity contribution in [2.24, 2.45) is 34.5 Å². The van der Waals surface area contributed by atoms with Gasteiger partial charge in [-0.3, -0.25) is 0 Å². The van der Waals surface area contributed by atoms with E-state index in [0.717, 1.165) is 0 Å². The van der Waals surface area contributed by atoms with Gasteiger partial charge in [0, 0.05) is 0 Å². The fraction of sp³-hybridized carbons (Fsp3) is 0.467. The molecule has 0 N–H and O–H groups in total. The van der Waals surface area contributed by atoms with Crippen molar-refractivity contribution in [2.45, 2.75) is 51.4 Å². The predicted octanol–water partition coefficient (Wildman–Crippen LogP) is 8.06. The molecule has 1 saturated carbocycles. The summed E-state index contributed by atoms with van der Waals surface area (Å²) in [6.45, 7) is 0. The Morgan fingerprint density at radius 1 is 0.367 bits per heavy atom. The van der Waals surface area contributed by atoms with Crippen molar-refractivity contribution in [1.29, 1.82) is 0 Å². The van der Waals surface area contributed by atoms with E-state index < -0.39 is 0 Å². The molecule has 30 heavy (non-hydrogen) atoms. The van der Waals surface area contributed by atoms with Gasteiger partial charge < -0.3 is 0 Å². The summed E-state index contributed by atoms with van der Waals surface area (Å²) in [6, 6.07) is 0. The fourth-order valence-electron chi connectivity index (χ4n) is 7.24. The van der Waals surface area contributed by atoms with Crippen LogP contribution in [0, 0.1) is 34.5 Å². The van der Waals surface area contributed by atoms with Crippen LogP contribution in [0.5, 0.6) is 0 Å². The molecule has 4 unspecified atom stereocenters. The van der Waals surface area contributed by atoms with Gasteiger partial charge in [0.05, 0.1) is 0 Å². The van der Waals surface area contributed by atoms with Crippen LogP contribution in [0.4, 0.5) is 0 Å². The summed E-state index contributed by atoms with van der Waals surface area (Å²) in [5, 5.41) is 0. The van der Waals surface area contributed by atoms with Crippen molar-refractivity contribution in [2.75, 3.05) is 0 Å². The molecule has 0 amide bonds. The molecule has 5 aliphatic carbocycles. The van der Waals surface area contributed by atoms with Crippen LogP contribution >= 0.6 is 0 Å². The Labute approximate surface area is 183 Å². The molecule has 0 heteroatoms. The van der Waals surface area contributed by atoms with E-state index in [4.69, 9.17) is 0 Å². The van der Waals surface area contributed by atoms with Crippen LogP contribution in [0.2, 0.25) is 0 Å². The Hall–Kier alpha value is -2.08. The third kappa shape index (κ3) is 3.49. The lowest BCUT2D eigenvalue weighted by atomic mass is 9.47. The topological polar surface area (TPSA) is 0 Å². The maximum atomic E-state index is 2.53. The van der Waals surface area contributed by atoms with Gasteiger partial charge in [-0.05, 0) is 85.9 Å². The smallest absolute Gasteiger partial charge is 0.0133 e. The minimum absolute atomic E-state index is 0.411. The standard InChI is InChI=1S/C30H36/c1-5-13-25(14-6-1)29(26-15-7-2-8-16-26)21-23-30(24-22-29,27-17-9-3-10-18-27)28-19-11-4-12-20-28/h1-13,15,17,19,25-28H,14,16,18,20-24H2. The molecule has 1 fully saturated rings. The van der Waals surface area contributed by atoms with Crippen LogP contribution in [0.1, 0.15) is 51.4 Å². The first-order chi connectivity index (χ1) is 14.8. The summed E-state index contributed by atoms with van der Waals surface area (Å²) in [5.74, 6) is 2.74. The molecule has 0 bridgehead atoms. The number of rotatable bonds is 4. The Bertz CT molecular complexity index is 708. The first kappa shape index (κ1) is 19.9. The molecular weight excluding hydrogens is 360 g/mol. The van der Waals surface area contributed by atoms with Gasteiger partial charge >= 0.3 is 0 Å². The van der Waals surface area contributed by atoms with Crippen molar-refractivity contribution >= 4 is 0 Å². The highest BCUT2D eigenvalue weighted by Gasteiger charge is 2.53. The van der Waals surface area contributed by atoms with Gasteiger partial charge in [-0.1, -0.05) is 97.2 Å². The van der Waals surface area contributed by atoms with Gasteiger partial charge in [0.1, 0.15) is 0 Å². The van der Waals surface area contributed by atoms with E-state index in [0.29, 0.717) is 34.5 Å². The zero-order valence-corrected chi connectivity index (χ0v) is 18.2. The highest BCUT2D eigenvalue weighted by molar-refractivity contribution is 5.25. The van der Waals surface area contributed by atoms with Crippen molar-refractivity contribution in [1.82, 2.24) is 0 Å². The van der Waals surface area contributed by atoms with E-state index in [9.17, 15) is 0 Å². The average Bonchev–Trinajstić information content (AvgIpc) is 2.86. The molecule has 0 nitrogen and oxygen atoms in total. The fourth-order valence-corrected chi connectivity index (χ4v) is 7.24. The van der Waals surface area contributed by atoms with Gasteiger partial charge in [-0.25, -0.2) is 0 Å².